The van der Waals surface area contributed by atoms with Gasteiger partial charge in [0.1, 0.15) is 0 Å². The van der Waals surface area contributed by atoms with Gasteiger partial charge in [0.2, 0.25) is 0 Å². The lowest BCUT2D eigenvalue weighted by atomic mass is 10.1. The Labute approximate surface area is 211 Å². The summed E-state index contributed by atoms with van der Waals surface area (Å²) in [5.41, 5.74) is 4.94. The standard InChI is InChI=1S/C27H20Cl2N4O2/c28-17-11-18(29)13-21(12-17)32-27(35)31-20-10-16(15-34)9-19(14-20)30-26-22-5-1-3-7-24(22)33-25-8-4-2-6-23(25)26/h1-14,34H,15H2,(H,30,33)(H2,31,32,35). The number of urea groups is 1. The van der Waals surface area contributed by atoms with Crippen molar-refractivity contribution in [3.63, 3.8) is 0 Å². The maximum Gasteiger partial charge on any atom is 0.323 e. The summed E-state index contributed by atoms with van der Waals surface area (Å²) < 4.78 is 0. The van der Waals surface area contributed by atoms with Crippen molar-refractivity contribution < 1.29 is 9.90 Å². The number of rotatable bonds is 5. The molecule has 4 aromatic carbocycles. The molecule has 0 saturated heterocycles. The van der Waals surface area contributed by atoms with Crippen LogP contribution in [0.15, 0.2) is 84.9 Å². The molecule has 0 aliphatic carbocycles. The quantitative estimate of drug-likeness (QED) is 0.186. The van der Waals surface area contributed by atoms with Crippen LogP contribution in [0.2, 0.25) is 10.0 Å². The number of halogens is 2. The second kappa shape index (κ2) is 9.80. The maximum atomic E-state index is 12.6. The highest BCUT2D eigenvalue weighted by Gasteiger charge is 2.11. The number of carbonyl (C=O) groups is 1. The SMILES string of the molecule is O=C(Nc1cc(Cl)cc(Cl)c1)Nc1cc(CO)cc(Nc2c3ccccc3nc3ccccc23)c1. The van der Waals surface area contributed by atoms with E-state index in [2.05, 4.69) is 16.0 Å². The fourth-order valence-corrected chi connectivity index (χ4v) is 4.49. The second-order valence-electron chi connectivity index (χ2n) is 7.96. The van der Waals surface area contributed by atoms with Gasteiger partial charge in [0.05, 0.1) is 23.3 Å². The molecule has 0 atom stereocenters. The number of para-hydroxylation sites is 2. The molecule has 4 N–H and O–H groups in total. The number of hydrogen-bond acceptors (Lipinski definition) is 4. The molecule has 174 valence electrons. The molecular weight excluding hydrogens is 483 g/mol. The number of aliphatic hydroxyl groups is 1. The van der Waals surface area contributed by atoms with Gasteiger partial charge in [-0.2, -0.15) is 0 Å². The van der Waals surface area contributed by atoms with E-state index in [1.165, 1.54) is 0 Å². The van der Waals surface area contributed by atoms with E-state index >= 15 is 0 Å². The van der Waals surface area contributed by atoms with Gasteiger partial charge in [-0.05, 0) is 54.1 Å². The van der Waals surface area contributed by atoms with E-state index in [-0.39, 0.29) is 6.61 Å². The number of nitrogens with one attached hydrogen (secondary N) is 3. The molecule has 0 aliphatic rings. The molecule has 5 aromatic rings. The van der Waals surface area contributed by atoms with Crippen molar-refractivity contribution in [2.24, 2.45) is 0 Å². The molecule has 0 radical (unpaired) electrons. The summed E-state index contributed by atoms with van der Waals surface area (Å²) >= 11 is 12.0. The number of anilines is 4. The Morgan fingerprint density at radius 1 is 0.743 bits per heavy atom. The van der Waals surface area contributed by atoms with Crippen LogP contribution in [0, 0.1) is 0 Å². The van der Waals surface area contributed by atoms with Gasteiger partial charge in [0, 0.05) is 37.9 Å². The molecule has 0 aliphatic heterocycles. The summed E-state index contributed by atoms with van der Waals surface area (Å²) in [6.45, 7) is -0.187. The molecular formula is C27H20Cl2N4O2. The minimum atomic E-state index is -0.468. The van der Waals surface area contributed by atoms with Gasteiger partial charge >= 0.3 is 6.03 Å². The Bertz CT molecular complexity index is 1500. The predicted molar refractivity (Wildman–Crippen MR) is 144 cm³/mol. The lowest BCUT2D eigenvalue weighted by molar-refractivity contribution is 0.262. The minimum absolute atomic E-state index is 0.187. The zero-order valence-corrected chi connectivity index (χ0v) is 19.9. The zero-order valence-electron chi connectivity index (χ0n) is 18.3. The highest BCUT2D eigenvalue weighted by Crippen LogP contribution is 2.34. The number of aromatic nitrogens is 1. The Hall–Kier alpha value is -3.84. The van der Waals surface area contributed by atoms with E-state index in [1.54, 1.807) is 30.3 Å². The molecule has 0 saturated carbocycles. The molecule has 0 fully saturated rings. The van der Waals surface area contributed by atoms with Crippen LogP contribution in [0.5, 0.6) is 0 Å². The van der Waals surface area contributed by atoms with E-state index in [4.69, 9.17) is 28.2 Å². The van der Waals surface area contributed by atoms with Crippen molar-refractivity contribution >= 4 is 73.8 Å². The smallest absolute Gasteiger partial charge is 0.323 e. The third-order valence-corrected chi connectivity index (χ3v) is 5.85. The third-order valence-electron chi connectivity index (χ3n) is 5.41. The monoisotopic (exact) mass is 502 g/mol. The average molecular weight is 503 g/mol. The molecule has 6 nitrogen and oxygen atoms in total. The number of aliphatic hydroxyl groups excluding tert-OH is 1. The first kappa shape index (κ1) is 22.9. The number of amides is 2. The highest BCUT2D eigenvalue weighted by atomic mass is 35.5. The first-order valence-corrected chi connectivity index (χ1v) is 11.6. The van der Waals surface area contributed by atoms with Crippen molar-refractivity contribution in [3.05, 3.63) is 101 Å². The van der Waals surface area contributed by atoms with Gasteiger partial charge in [0.15, 0.2) is 0 Å². The average Bonchev–Trinajstić information content (AvgIpc) is 2.83. The fourth-order valence-electron chi connectivity index (χ4n) is 3.97. The van der Waals surface area contributed by atoms with E-state index in [9.17, 15) is 9.90 Å². The highest BCUT2D eigenvalue weighted by molar-refractivity contribution is 6.35. The largest absolute Gasteiger partial charge is 0.392 e. The Morgan fingerprint density at radius 3 is 1.89 bits per heavy atom. The van der Waals surface area contributed by atoms with Gasteiger partial charge in [-0.3, -0.25) is 0 Å². The van der Waals surface area contributed by atoms with E-state index < -0.39 is 6.03 Å². The summed E-state index contributed by atoms with van der Waals surface area (Å²) in [7, 11) is 0. The van der Waals surface area contributed by atoms with Crippen LogP contribution < -0.4 is 16.0 Å². The summed E-state index contributed by atoms with van der Waals surface area (Å²) in [5, 5.41) is 21.6. The van der Waals surface area contributed by atoms with Crippen LogP contribution >= 0.6 is 23.2 Å². The van der Waals surface area contributed by atoms with Crippen LogP contribution in [-0.4, -0.2) is 16.1 Å². The zero-order chi connectivity index (χ0) is 24.4. The Balaban J connectivity index is 1.48. The lowest BCUT2D eigenvalue weighted by Crippen LogP contribution is -2.19. The maximum absolute atomic E-state index is 12.6. The number of nitrogens with zero attached hydrogens (tertiary/aromatic N) is 1. The normalized spacial score (nSPS) is 10.9. The van der Waals surface area contributed by atoms with Crippen LogP contribution in [0.4, 0.5) is 27.5 Å². The van der Waals surface area contributed by atoms with Crippen molar-refractivity contribution in [2.75, 3.05) is 16.0 Å². The van der Waals surface area contributed by atoms with E-state index in [0.717, 1.165) is 27.5 Å². The molecule has 35 heavy (non-hydrogen) atoms. The van der Waals surface area contributed by atoms with Gasteiger partial charge < -0.3 is 21.1 Å². The minimum Gasteiger partial charge on any atom is -0.392 e. The van der Waals surface area contributed by atoms with Crippen LogP contribution in [0.3, 0.4) is 0 Å². The second-order valence-corrected chi connectivity index (χ2v) is 8.83. The van der Waals surface area contributed by atoms with Crippen LogP contribution in [0.1, 0.15) is 5.56 Å². The van der Waals surface area contributed by atoms with Gasteiger partial charge in [0.25, 0.3) is 0 Å². The van der Waals surface area contributed by atoms with E-state index in [1.807, 2.05) is 54.6 Å². The number of carbonyl (C=O) groups excluding carboxylic acids is 1. The molecule has 0 spiro atoms. The molecule has 0 bridgehead atoms. The van der Waals surface area contributed by atoms with Crippen LogP contribution in [-0.2, 0) is 6.61 Å². The van der Waals surface area contributed by atoms with Crippen LogP contribution in [0.25, 0.3) is 21.8 Å². The van der Waals surface area contributed by atoms with Gasteiger partial charge in [-0.25, -0.2) is 9.78 Å². The molecule has 0 unspecified atom stereocenters. The fraction of sp³-hybridized carbons (Fsp3) is 0.0370. The molecule has 2 amide bonds. The predicted octanol–water partition coefficient (Wildman–Crippen LogP) is 7.57. The number of pyridine rings is 1. The summed E-state index contributed by atoms with van der Waals surface area (Å²) in [6, 6.07) is 25.5. The summed E-state index contributed by atoms with van der Waals surface area (Å²) in [5.74, 6) is 0. The van der Waals surface area contributed by atoms with Crippen molar-refractivity contribution in [1.29, 1.82) is 0 Å². The number of benzene rings is 4. The topological polar surface area (TPSA) is 86.3 Å². The van der Waals surface area contributed by atoms with Gasteiger partial charge in [-0.1, -0.05) is 59.6 Å². The molecule has 1 aromatic heterocycles. The number of hydrogen-bond donors (Lipinski definition) is 4. The molecule has 1 heterocycles. The molecule has 8 heteroatoms. The number of fused-ring (bicyclic) bond motifs is 2. The summed E-state index contributed by atoms with van der Waals surface area (Å²) in [4.78, 5) is 17.4. The Morgan fingerprint density at radius 2 is 1.29 bits per heavy atom. The van der Waals surface area contributed by atoms with Crippen molar-refractivity contribution in [2.45, 2.75) is 6.61 Å². The molecule has 5 rings (SSSR count). The Kier molecular flexibility index (Phi) is 6.42. The lowest BCUT2D eigenvalue weighted by Gasteiger charge is -2.16. The first-order chi connectivity index (χ1) is 17.0. The third kappa shape index (κ3) is 5.15. The van der Waals surface area contributed by atoms with Crippen molar-refractivity contribution in [1.82, 2.24) is 4.98 Å². The van der Waals surface area contributed by atoms with Gasteiger partial charge in [-0.15, -0.1) is 0 Å². The first-order valence-electron chi connectivity index (χ1n) is 10.8. The van der Waals surface area contributed by atoms with Crippen molar-refractivity contribution in [3.8, 4) is 0 Å². The van der Waals surface area contributed by atoms with E-state index in [0.29, 0.717) is 32.7 Å². The summed E-state index contributed by atoms with van der Waals surface area (Å²) in [6.07, 6.45) is 0.